The summed E-state index contributed by atoms with van der Waals surface area (Å²) in [5, 5.41) is 13.7. The van der Waals surface area contributed by atoms with E-state index in [2.05, 4.69) is 15.4 Å². The van der Waals surface area contributed by atoms with E-state index in [4.69, 9.17) is 16.3 Å². The molecule has 0 unspecified atom stereocenters. The number of ether oxygens (including phenoxy) is 1. The van der Waals surface area contributed by atoms with Crippen LogP contribution in [0.3, 0.4) is 0 Å². The number of amides is 1. The molecule has 1 amide bonds. The van der Waals surface area contributed by atoms with Crippen molar-refractivity contribution in [2.45, 2.75) is 18.5 Å². The minimum absolute atomic E-state index is 0.104. The molecule has 0 atom stereocenters. The zero-order valence-electron chi connectivity index (χ0n) is 18.4. The van der Waals surface area contributed by atoms with Gasteiger partial charge in [-0.3, -0.25) is 14.9 Å². The minimum Gasteiger partial charge on any atom is -0.457 e. The van der Waals surface area contributed by atoms with Crippen LogP contribution in [0.1, 0.15) is 27.4 Å². The Morgan fingerprint density at radius 1 is 1.08 bits per heavy atom. The molecule has 2 heterocycles. The second-order valence-corrected chi connectivity index (χ2v) is 8.11. The van der Waals surface area contributed by atoms with Crippen LogP contribution < -0.4 is 10.1 Å². The number of hydrogen-bond donors (Lipinski definition) is 1. The number of benzene rings is 2. The predicted molar refractivity (Wildman–Crippen MR) is 120 cm³/mol. The van der Waals surface area contributed by atoms with Crippen LogP contribution >= 0.6 is 11.6 Å². The summed E-state index contributed by atoms with van der Waals surface area (Å²) in [6, 6.07) is 8.96. The van der Waals surface area contributed by atoms with Crippen molar-refractivity contribution in [3.63, 3.8) is 0 Å². The lowest BCUT2D eigenvalue weighted by molar-refractivity contribution is -0.384. The molecule has 1 N–H and O–H groups in total. The van der Waals surface area contributed by atoms with Gasteiger partial charge in [0.15, 0.2) is 11.3 Å². The summed E-state index contributed by atoms with van der Waals surface area (Å²) in [6.07, 6.45) is -4.64. The lowest BCUT2D eigenvalue weighted by Crippen LogP contribution is -2.15. The molecular weight excluding hydrogens is 529 g/mol. The molecule has 0 spiro atoms. The van der Waals surface area contributed by atoms with Crippen molar-refractivity contribution in [1.82, 2.24) is 14.6 Å². The average Bonchev–Trinajstić information content (AvgIpc) is 3.21. The van der Waals surface area contributed by atoms with Crippen molar-refractivity contribution in [3.8, 4) is 11.5 Å². The maximum atomic E-state index is 13.8. The molecule has 0 aliphatic rings. The SMILES string of the molecule is Cc1cc(C(F)(F)Cl)n2nc(C(=O)Nc3cc(Oc4cccc(C(F)(F)F)c4)cc([N+](=O)[O-])c3)cc2n1. The fourth-order valence-electron chi connectivity index (χ4n) is 3.30. The summed E-state index contributed by atoms with van der Waals surface area (Å²) in [5.41, 5.74) is -2.74. The summed E-state index contributed by atoms with van der Waals surface area (Å²) in [4.78, 5) is 27.3. The molecule has 0 radical (unpaired) electrons. The second kappa shape index (κ2) is 9.28. The molecule has 4 rings (SSSR count). The number of nitrogens with zero attached hydrogens (tertiary/aromatic N) is 4. The fraction of sp³-hybridized carbons (Fsp3) is 0.136. The first-order valence-electron chi connectivity index (χ1n) is 10.1. The Morgan fingerprint density at radius 3 is 2.46 bits per heavy atom. The third-order valence-electron chi connectivity index (χ3n) is 4.84. The molecule has 0 bridgehead atoms. The Labute approximate surface area is 208 Å². The number of fused-ring (bicyclic) bond motifs is 1. The summed E-state index contributed by atoms with van der Waals surface area (Å²) in [6.45, 7) is 1.44. The first-order valence-corrected chi connectivity index (χ1v) is 10.5. The van der Waals surface area contributed by atoms with Gasteiger partial charge in [-0.05, 0) is 42.8 Å². The smallest absolute Gasteiger partial charge is 0.416 e. The summed E-state index contributed by atoms with van der Waals surface area (Å²) in [5.74, 6) is -1.46. The highest BCUT2D eigenvalue weighted by Crippen LogP contribution is 2.35. The van der Waals surface area contributed by atoms with E-state index in [1.165, 1.54) is 13.0 Å². The van der Waals surface area contributed by atoms with Gasteiger partial charge in [0.05, 0.1) is 22.2 Å². The molecule has 0 fully saturated rings. The normalized spacial score (nSPS) is 12.0. The van der Waals surface area contributed by atoms with Crippen LogP contribution in [-0.2, 0) is 11.6 Å². The van der Waals surface area contributed by atoms with Crippen LogP contribution in [-0.4, -0.2) is 25.4 Å². The van der Waals surface area contributed by atoms with Crippen molar-refractivity contribution in [3.05, 3.63) is 87.4 Å². The molecule has 0 aliphatic carbocycles. The van der Waals surface area contributed by atoms with Crippen LogP contribution in [0.15, 0.2) is 54.6 Å². The predicted octanol–water partition coefficient (Wildman–Crippen LogP) is 6.30. The van der Waals surface area contributed by atoms with Gasteiger partial charge in [-0.1, -0.05) is 6.07 Å². The largest absolute Gasteiger partial charge is 0.457 e. The maximum Gasteiger partial charge on any atom is 0.416 e. The molecule has 15 heteroatoms. The van der Waals surface area contributed by atoms with E-state index in [1.807, 2.05) is 0 Å². The van der Waals surface area contributed by atoms with E-state index in [1.54, 1.807) is 0 Å². The zero-order chi connectivity index (χ0) is 27.1. The van der Waals surface area contributed by atoms with Gasteiger partial charge < -0.3 is 10.1 Å². The number of hydrogen-bond acceptors (Lipinski definition) is 6. The highest BCUT2D eigenvalue weighted by molar-refractivity contribution is 6.21. The summed E-state index contributed by atoms with van der Waals surface area (Å²) >= 11 is 5.13. The molecule has 9 nitrogen and oxygen atoms in total. The highest BCUT2D eigenvalue weighted by atomic mass is 35.5. The third-order valence-corrected chi connectivity index (χ3v) is 5.03. The topological polar surface area (TPSA) is 112 Å². The van der Waals surface area contributed by atoms with Crippen molar-refractivity contribution in [2.75, 3.05) is 5.32 Å². The van der Waals surface area contributed by atoms with Gasteiger partial charge in [0.2, 0.25) is 0 Å². The molecule has 0 aliphatic heterocycles. The number of anilines is 1. The molecule has 2 aromatic heterocycles. The molecule has 37 heavy (non-hydrogen) atoms. The van der Waals surface area contributed by atoms with Gasteiger partial charge in [-0.2, -0.15) is 27.1 Å². The van der Waals surface area contributed by atoms with Crippen molar-refractivity contribution < 1.29 is 36.4 Å². The van der Waals surface area contributed by atoms with Crippen LogP contribution in [0, 0.1) is 17.0 Å². The molecule has 4 aromatic rings. The van der Waals surface area contributed by atoms with E-state index < -0.39 is 39.3 Å². The first kappa shape index (κ1) is 25.8. The number of carbonyl (C=O) groups excluding carboxylic acids is 1. The number of rotatable bonds is 6. The Morgan fingerprint density at radius 2 is 1.81 bits per heavy atom. The summed E-state index contributed by atoms with van der Waals surface area (Å²) in [7, 11) is 0. The quantitative estimate of drug-likeness (QED) is 0.133. The van der Waals surface area contributed by atoms with E-state index in [0.29, 0.717) is 10.6 Å². The number of aryl methyl sites for hydroxylation is 1. The Kier molecular flexibility index (Phi) is 6.46. The highest BCUT2D eigenvalue weighted by Gasteiger charge is 2.33. The van der Waals surface area contributed by atoms with Gasteiger partial charge in [-0.15, -0.1) is 0 Å². The minimum atomic E-state index is -4.64. The Balaban J connectivity index is 1.66. The van der Waals surface area contributed by atoms with E-state index in [9.17, 15) is 36.9 Å². The van der Waals surface area contributed by atoms with Crippen LogP contribution in [0.5, 0.6) is 11.5 Å². The van der Waals surface area contributed by atoms with Gasteiger partial charge in [0.25, 0.3) is 11.6 Å². The maximum absolute atomic E-state index is 13.8. The average molecular weight is 542 g/mol. The standard InChI is InChI=1S/C22H13ClF5N5O4/c1-11-5-18(21(23,24)25)32-19(29-11)10-17(31-32)20(34)30-13-7-14(33(35)36)9-16(8-13)37-15-4-2-3-12(6-15)22(26,27)28/h2-10H,1H3,(H,30,34). The second-order valence-electron chi connectivity index (χ2n) is 7.63. The van der Waals surface area contributed by atoms with Crippen molar-refractivity contribution in [1.29, 1.82) is 0 Å². The number of aromatic nitrogens is 3. The number of nitro benzene ring substituents is 1. The number of nitrogens with one attached hydrogen (secondary N) is 1. The van der Waals surface area contributed by atoms with Crippen molar-refractivity contribution in [2.24, 2.45) is 0 Å². The summed E-state index contributed by atoms with van der Waals surface area (Å²) < 4.78 is 72.6. The van der Waals surface area contributed by atoms with Gasteiger partial charge >= 0.3 is 11.6 Å². The molecule has 192 valence electrons. The van der Waals surface area contributed by atoms with Gasteiger partial charge in [0.1, 0.15) is 17.2 Å². The Bertz CT molecular complexity index is 1530. The molecular formula is C22H13ClF5N5O4. The number of carbonyl (C=O) groups is 1. The van der Waals surface area contributed by atoms with Gasteiger partial charge in [0, 0.05) is 23.9 Å². The van der Waals surface area contributed by atoms with Crippen LogP contribution in [0.4, 0.5) is 33.3 Å². The lowest BCUT2D eigenvalue weighted by Gasteiger charge is -2.11. The zero-order valence-corrected chi connectivity index (χ0v) is 19.1. The number of nitro groups is 1. The van der Waals surface area contributed by atoms with E-state index in [-0.39, 0.29) is 34.2 Å². The number of non-ortho nitro benzene ring substituents is 1. The first-order chi connectivity index (χ1) is 17.2. The van der Waals surface area contributed by atoms with Crippen LogP contribution in [0.25, 0.3) is 5.65 Å². The van der Waals surface area contributed by atoms with Gasteiger partial charge in [-0.25, -0.2) is 9.50 Å². The van der Waals surface area contributed by atoms with E-state index >= 15 is 0 Å². The number of halogens is 6. The third kappa shape index (κ3) is 5.74. The molecule has 0 saturated heterocycles. The lowest BCUT2D eigenvalue weighted by atomic mass is 10.2. The molecule has 0 saturated carbocycles. The monoisotopic (exact) mass is 541 g/mol. The van der Waals surface area contributed by atoms with Crippen LogP contribution in [0.2, 0.25) is 0 Å². The fourth-order valence-corrected chi connectivity index (χ4v) is 3.43. The van der Waals surface area contributed by atoms with Crippen molar-refractivity contribution >= 4 is 34.5 Å². The number of alkyl halides is 6. The molecule has 2 aromatic carbocycles. The van der Waals surface area contributed by atoms with E-state index in [0.717, 1.165) is 42.5 Å². The Hall–Kier alpha value is -4.33.